The predicted molar refractivity (Wildman–Crippen MR) is 59.7 cm³/mol. The number of rotatable bonds is 5. The zero-order chi connectivity index (χ0) is 11.2. The standard InChI is InChI=1S/C11H14N4O/c1-16-9-5-8-15-13-11(12-14-15)10-6-3-2-4-7-10/h2-4,6-7H,5,8-9H2,1H3. The Bertz CT molecular complexity index is 427. The van der Waals surface area contributed by atoms with Crippen LogP contribution in [-0.2, 0) is 11.3 Å². The molecule has 0 saturated heterocycles. The van der Waals surface area contributed by atoms with Crippen molar-refractivity contribution < 1.29 is 4.74 Å². The molecule has 0 amide bonds. The van der Waals surface area contributed by atoms with Crippen LogP contribution in [-0.4, -0.2) is 33.9 Å². The molecule has 5 heteroatoms. The van der Waals surface area contributed by atoms with Gasteiger partial charge in [-0.1, -0.05) is 30.3 Å². The van der Waals surface area contributed by atoms with Crippen LogP contribution in [0.5, 0.6) is 0 Å². The van der Waals surface area contributed by atoms with E-state index in [9.17, 15) is 0 Å². The maximum absolute atomic E-state index is 4.97. The molecule has 0 aliphatic heterocycles. The molecule has 0 bridgehead atoms. The first-order chi connectivity index (χ1) is 7.90. The van der Waals surface area contributed by atoms with Gasteiger partial charge in [-0.2, -0.15) is 4.80 Å². The third kappa shape index (κ3) is 2.64. The molecular weight excluding hydrogens is 204 g/mol. The van der Waals surface area contributed by atoms with Crippen molar-refractivity contribution in [1.29, 1.82) is 0 Å². The van der Waals surface area contributed by atoms with Crippen LogP contribution >= 0.6 is 0 Å². The Morgan fingerprint density at radius 2 is 2.06 bits per heavy atom. The van der Waals surface area contributed by atoms with Crippen LogP contribution in [0.2, 0.25) is 0 Å². The number of tetrazole rings is 1. The summed E-state index contributed by atoms with van der Waals surface area (Å²) in [6, 6.07) is 9.82. The third-order valence-electron chi connectivity index (χ3n) is 2.19. The molecule has 1 aromatic heterocycles. The van der Waals surface area contributed by atoms with E-state index in [1.165, 1.54) is 0 Å². The predicted octanol–water partition coefficient (Wildman–Crippen LogP) is 1.38. The molecular formula is C11H14N4O. The molecule has 1 aromatic carbocycles. The molecule has 0 fully saturated rings. The Morgan fingerprint density at radius 1 is 1.25 bits per heavy atom. The van der Waals surface area contributed by atoms with Crippen molar-refractivity contribution in [1.82, 2.24) is 20.2 Å². The van der Waals surface area contributed by atoms with Crippen molar-refractivity contribution >= 4 is 0 Å². The summed E-state index contributed by atoms with van der Waals surface area (Å²) in [5, 5.41) is 12.3. The lowest BCUT2D eigenvalue weighted by Crippen LogP contribution is -2.05. The lowest BCUT2D eigenvalue weighted by atomic mass is 10.2. The van der Waals surface area contributed by atoms with Gasteiger partial charge in [-0.05, 0) is 11.6 Å². The minimum absolute atomic E-state index is 0.665. The van der Waals surface area contributed by atoms with E-state index in [1.54, 1.807) is 11.9 Å². The number of methoxy groups -OCH3 is 1. The smallest absolute Gasteiger partial charge is 0.204 e. The molecule has 0 spiro atoms. The molecule has 0 unspecified atom stereocenters. The summed E-state index contributed by atoms with van der Waals surface area (Å²) in [4.78, 5) is 1.60. The van der Waals surface area contributed by atoms with E-state index in [-0.39, 0.29) is 0 Å². The van der Waals surface area contributed by atoms with E-state index < -0.39 is 0 Å². The number of ether oxygens (including phenoxy) is 1. The maximum Gasteiger partial charge on any atom is 0.204 e. The Labute approximate surface area is 94.0 Å². The van der Waals surface area contributed by atoms with Crippen molar-refractivity contribution in [2.24, 2.45) is 0 Å². The van der Waals surface area contributed by atoms with Crippen LogP contribution in [0.3, 0.4) is 0 Å². The highest BCUT2D eigenvalue weighted by molar-refractivity contribution is 5.52. The van der Waals surface area contributed by atoms with Crippen LogP contribution in [0, 0.1) is 0 Å². The molecule has 0 saturated carbocycles. The molecule has 0 aliphatic carbocycles. The second-order valence-electron chi connectivity index (χ2n) is 3.42. The summed E-state index contributed by atoms with van der Waals surface area (Å²) in [7, 11) is 1.68. The average molecular weight is 218 g/mol. The van der Waals surface area contributed by atoms with E-state index >= 15 is 0 Å². The van der Waals surface area contributed by atoms with Gasteiger partial charge in [-0.15, -0.1) is 10.2 Å². The van der Waals surface area contributed by atoms with Crippen LogP contribution in [0.4, 0.5) is 0 Å². The highest BCUT2D eigenvalue weighted by atomic mass is 16.5. The van der Waals surface area contributed by atoms with E-state index in [4.69, 9.17) is 4.74 Å². The monoisotopic (exact) mass is 218 g/mol. The molecule has 0 radical (unpaired) electrons. The van der Waals surface area contributed by atoms with Gasteiger partial charge in [-0.25, -0.2) is 0 Å². The highest BCUT2D eigenvalue weighted by Crippen LogP contribution is 2.11. The van der Waals surface area contributed by atoms with E-state index in [2.05, 4.69) is 15.4 Å². The fourth-order valence-electron chi connectivity index (χ4n) is 1.39. The molecule has 5 nitrogen and oxygen atoms in total. The largest absolute Gasteiger partial charge is 0.385 e. The van der Waals surface area contributed by atoms with Gasteiger partial charge in [0.25, 0.3) is 0 Å². The molecule has 1 heterocycles. The summed E-state index contributed by atoms with van der Waals surface area (Å²) in [6.45, 7) is 1.44. The molecule has 0 N–H and O–H groups in total. The van der Waals surface area contributed by atoms with Gasteiger partial charge in [-0.3, -0.25) is 0 Å². The topological polar surface area (TPSA) is 52.8 Å². The molecule has 16 heavy (non-hydrogen) atoms. The summed E-state index contributed by atoms with van der Waals surface area (Å²) in [6.07, 6.45) is 0.890. The maximum atomic E-state index is 4.97. The summed E-state index contributed by atoms with van der Waals surface area (Å²) in [5.74, 6) is 0.665. The number of hydrogen-bond donors (Lipinski definition) is 0. The Morgan fingerprint density at radius 3 is 2.81 bits per heavy atom. The number of hydrogen-bond acceptors (Lipinski definition) is 4. The lowest BCUT2D eigenvalue weighted by molar-refractivity contribution is 0.187. The molecule has 0 atom stereocenters. The van der Waals surface area contributed by atoms with Gasteiger partial charge in [0.1, 0.15) is 0 Å². The van der Waals surface area contributed by atoms with Gasteiger partial charge in [0.05, 0.1) is 6.54 Å². The van der Waals surface area contributed by atoms with E-state index in [0.717, 1.165) is 18.5 Å². The van der Waals surface area contributed by atoms with Crippen molar-refractivity contribution in [2.75, 3.05) is 13.7 Å². The second-order valence-corrected chi connectivity index (χ2v) is 3.42. The number of benzene rings is 1. The third-order valence-corrected chi connectivity index (χ3v) is 2.19. The SMILES string of the molecule is COCCCn1nnc(-c2ccccc2)n1. The molecule has 2 rings (SSSR count). The molecule has 2 aromatic rings. The number of aryl methyl sites for hydroxylation is 1. The quantitative estimate of drug-likeness (QED) is 0.711. The van der Waals surface area contributed by atoms with Crippen LogP contribution in [0.1, 0.15) is 6.42 Å². The number of nitrogens with zero attached hydrogens (tertiary/aromatic N) is 4. The van der Waals surface area contributed by atoms with Crippen LogP contribution in [0.15, 0.2) is 30.3 Å². The first kappa shape index (κ1) is 10.8. The van der Waals surface area contributed by atoms with E-state index in [0.29, 0.717) is 12.4 Å². The zero-order valence-electron chi connectivity index (χ0n) is 9.21. The first-order valence-corrected chi connectivity index (χ1v) is 5.22. The number of aromatic nitrogens is 4. The summed E-state index contributed by atoms with van der Waals surface area (Å²) in [5.41, 5.74) is 0.987. The fraction of sp³-hybridized carbons (Fsp3) is 0.364. The van der Waals surface area contributed by atoms with Gasteiger partial charge < -0.3 is 4.74 Å². The minimum Gasteiger partial charge on any atom is -0.385 e. The van der Waals surface area contributed by atoms with Crippen molar-refractivity contribution in [3.05, 3.63) is 30.3 Å². The van der Waals surface area contributed by atoms with Crippen molar-refractivity contribution in [3.63, 3.8) is 0 Å². The van der Waals surface area contributed by atoms with Crippen LogP contribution in [0.25, 0.3) is 11.4 Å². The van der Waals surface area contributed by atoms with Gasteiger partial charge in [0.15, 0.2) is 0 Å². The summed E-state index contributed by atoms with van der Waals surface area (Å²) < 4.78 is 4.97. The van der Waals surface area contributed by atoms with Gasteiger partial charge in [0, 0.05) is 19.3 Å². The Balaban J connectivity index is 2.02. The molecule has 84 valence electrons. The van der Waals surface area contributed by atoms with Gasteiger partial charge in [0.2, 0.25) is 5.82 Å². The highest BCUT2D eigenvalue weighted by Gasteiger charge is 2.04. The van der Waals surface area contributed by atoms with Crippen LogP contribution < -0.4 is 0 Å². The van der Waals surface area contributed by atoms with Crippen molar-refractivity contribution in [2.45, 2.75) is 13.0 Å². The average Bonchev–Trinajstić information content (AvgIpc) is 2.79. The lowest BCUT2D eigenvalue weighted by Gasteiger charge is -1.97. The Kier molecular flexibility index (Phi) is 3.61. The minimum atomic E-state index is 0.665. The second kappa shape index (κ2) is 5.37. The normalized spacial score (nSPS) is 10.6. The van der Waals surface area contributed by atoms with Crippen molar-refractivity contribution in [3.8, 4) is 11.4 Å². The van der Waals surface area contributed by atoms with Gasteiger partial charge >= 0.3 is 0 Å². The fourth-order valence-corrected chi connectivity index (χ4v) is 1.39. The zero-order valence-corrected chi connectivity index (χ0v) is 9.21. The first-order valence-electron chi connectivity index (χ1n) is 5.22. The summed E-state index contributed by atoms with van der Waals surface area (Å²) >= 11 is 0. The Hall–Kier alpha value is -1.75. The van der Waals surface area contributed by atoms with E-state index in [1.807, 2.05) is 30.3 Å². The molecule has 0 aliphatic rings.